The van der Waals surface area contributed by atoms with Gasteiger partial charge >= 0.3 is 35.8 Å². The zero-order chi connectivity index (χ0) is 30.4. The maximum Gasteiger partial charge on any atom is 0.337 e. The van der Waals surface area contributed by atoms with Crippen molar-refractivity contribution >= 4 is 35.8 Å². The van der Waals surface area contributed by atoms with Gasteiger partial charge in [-0.05, 0) is 24.6 Å². The number of hydrogen-bond donors (Lipinski definition) is 1. The number of allylic oxidation sites excluding steroid dienone is 1. The highest BCUT2D eigenvalue weighted by molar-refractivity contribution is 5.91. The number of methoxy groups -OCH3 is 1. The fourth-order valence-electron chi connectivity index (χ4n) is 3.38. The minimum absolute atomic E-state index is 0.00195. The summed E-state index contributed by atoms with van der Waals surface area (Å²) in [7, 11) is 1.06. The first-order chi connectivity index (χ1) is 18.8. The van der Waals surface area contributed by atoms with E-state index in [1.54, 1.807) is 6.07 Å². The number of aliphatic hydroxyl groups excluding tert-OH is 1. The summed E-state index contributed by atoms with van der Waals surface area (Å²) < 4.78 is 29.8. The minimum atomic E-state index is -1.83. The first-order valence-electron chi connectivity index (χ1n) is 11.9. The number of hydrogen-bond acceptors (Lipinski definition) is 13. The summed E-state index contributed by atoms with van der Waals surface area (Å²) in [4.78, 5) is 70.8. The van der Waals surface area contributed by atoms with E-state index in [0.29, 0.717) is 5.56 Å². The molecule has 13 heteroatoms. The van der Waals surface area contributed by atoms with Gasteiger partial charge in [0.25, 0.3) is 0 Å². The fourth-order valence-corrected chi connectivity index (χ4v) is 3.38. The smallest absolute Gasteiger partial charge is 0.337 e. The van der Waals surface area contributed by atoms with Crippen LogP contribution in [0.2, 0.25) is 0 Å². The van der Waals surface area contributed by atoms with E-state index < -0.39 is 54.4 Å². The average molecular weight is 565 g/mol. The average Bonchev–Trinajstić information content (AvgIpc) is 2.84. The molecule has 1 aromatic carbocycles. The molecule has 0 saturated carbocycles. The number of ether oxygens (including phenoxy) is 6. The van der Waals surface area contributed by atoms with E-state index in [2.05, 4.69) is 0 Å². The van der Waals surface area contributed by atoms with Crippen molar-refractivity contribution in [2.75, 3.05) is 13.7 Å². The molecule has 2 atom stereocenters. The largest absolute Gasteiger partial charge is 0.466 e. The van der Waals surface area contributed by atoms with E-state index in [0.717, 1.165) is 27.2 Å². The third kappa shape index (κ3) is 11.5. The molecule has 0 aliphatic heterocycles. The lowest BCUT2D eigenvalue weighted by atomic mass is 9.87. The highest BCUT2D eigenvalue weighted by Crippen LogP contribution is 2.31. The summed E-state index contributed by atoms with van der Waals surface area (Å²) in [5.74, 6) is -5.87. The summed E-state index contributed by atoms with van der Waals surface area (Å²) in [5, 5.41) is 10.4. The van der Waals surface area contributed by atoms with Crippen LogP contribution in [0, 0.1) is 5.92 Å². The predicted octanol–water partition coefficient (Wildman–Crippen LogP) is 2.08. The van der Waals surface area contributed by atoms with Gasteiger partial charge in [0, 0.05) is 45.6 Å². The Bertz CT molecular complexity index is 1180. The lowest BCUT2D eigenvalue weighted by Crippen LogP contribution is -2.29. The first kappa shape index (κ1) is 33.5. The molecule has 1 rings (SSSR count). The van der Waals surface area contributed by atoms with Crippen LogP contribution >= 0.6 is 0 Å². The van der Waals surface area contributed by atoms with Gasteiger partial charge in [0.15, 0.2) is 11.5 Å². The van der Waals surface area contributed by atoms with Gasteiger partial charge in [-0.25, -0.2) is 4.79 Å². The Morgan fingerprint density at radius 3 is 2.05 bits per heavy atom. The lowest BCUT2D eigenvalue weighted by molar-refractivity contribution is -0.160. The van der Waals surface area contributed by atoms with E-state index in [9.17, 15) is 33.9 Å². The maximum atomic E-state index is 12.8. The number of carbonyl (C=O) groups is 6. The predicted molar refractivity (Wildman–Crippen MR) is 135 cm³/mol. The number of aliphatic hydroxyl groups is 1. The molecule has 0 aromatic heterocycles. The molecule has 0 aliphatic carbocycles. The molecule has 0 spiro atoms. The van der Waals surface area contributed by atoms with Crippen LogP contribution in [0.4, 0.5) is 0 Å². The van der Waals surface area contributed by atoms with Crippen LogP contribution in [0.15, 0.2) is 41.7 Å². The third-order valence-corrected chi connectivity index (χ3v) is 4.99. The highest BCUT2D eigenvalue weighted by Gasteiger charge is 2.33. The van der Waals surface area contributed by atoms with E-state index in [4.69, 9.17) is 28.4 Å². The second-order valence-corrected chi connectivity index (χ2v) is 8.12. The summed E-state index contributed by atoms with van der Waals surface area (Å²) in [6.45, 7) is 5.83. The number of carbonyl (C=O) groups excluding carboxylic acids is 6. The number of rotatable bonds is 13. The standard InChI is InChI=1S/C27H32O13/c1-7-20(27(34)40-18(5)31)21(22(26(33)35-6)14-37-15(2)28)13-25(32)36-11-10-19-8-9-23(38-16(3)29)24(12-19)39-17(4)30/h7-9,12,14,21,27,34H,10-11,13H2,1-6H3/b20-7+,22-14+. The van der Waals surface area contributed by atoms with Gasteiger partial charge < -0.3 is 33.5 Å². The van der Waals surface area contributed by atoms with Gasteiger partial charge in [0.2, 0.25) is 6.29 Å². The molecule has 40 heavy (non-hydrogen) atoms. The second-order valence-electron chi connectivity index (χ2n) is 8.12. The van der Waals surface area contributed by atoms with Crippen molar-refractivity contribution in [2.24, 2.45) is 5.92 Å². The Balaban J connectivity index is 3.15. The Labute approximate surface area is 230 Å². The van der Waals surface area contributed by atoms with Crippen molar-refractivity contribution in [3.8, 4) is 11.5 Å². The maximum absolute atomic E-state index is 12.8. The van der Waals surface area contributed by atoms with Gasteiger partial charge in [0.1, 0.15) is 6.26 Å². The lowest BCUT2D eigenvalue weighted by Gasteiger charge is -2.24. The van der Waals surface area contributed by atoms with Crippen LogP contribution in [0.5, 0.6) is 11.5 Å². The zero-order valence-electron chi connectivity index (χ0n) is 23.0. The zero-order valence-corrected chi connectivity index (χ0v) is 23.0. The molecule has 218 valence electrons. The van der Waals surface area contributed by atoms with Crippen LogP contribution in [-0.2, 0) is 54.1 Å². The molecule has 2 unspecified atom stereocenters. The Morgan fingerprint density at radius 1 is 0.900 bits per heavy atom. The van der Waals surface area contributed by atoms with Crippen molar-refractivity contribution in [3.05, 3.63) is 47.2 Å². The van der Waals surface area contributed by atoms with Crippen molar-refractivity contribution in [2.45, 2.75) is 53.8 Å². The summed E-state index contributed by atoms with van der Waals surface area (Å²) in [5.41, 5.74) is 0.185. The van der Waals surface area contributed by atoms with Crippen LogP contribution in [0.3, 0.4) is 0 Å². The number of benzene rings is 1. The highest BCUT2D eigenvalue weighted by atomic mass is 16.6. The monoisotopic (exact) mass is 564 g/mol. The summed E-state index contributed by atoms with van der Waals surface area (Å²) >= 11 is 0. The fraction of sp³-hybridized carbons (Fsp3) is 0.407. The molecule has 0 fully saturated rings. The van der Waals surface area contributed by atoms with Crippen molar-refractivity contribution in [1.82, 2.24) is 0 Å². The van der Waals surface area contributed by atoms with Gasteiger partial charge in [-0.15, -0.1) is 0 Å². The molecule has 0 aliphatic rings. The SMILES string of the molecule is C/C=C(/C(O)OC(C)=O)C(CC(=O)OCCc1ccc(OC(C)=O)c(OC(C)=O)c1)/C(=C\OC(C)=O)C(=O)OC. The van der Waals surface area contributed by atoms with E-state index in [1.165, 1.54) is 39.0 Å². The van der Waals surface area contributed by atoms with Gasteiger partial charge in [-0.3, -0.25) is 24.0 Å². The Morgan fingerprint density at radius 2 is 1.52 bits per heavy atom. The van der Waals surface area contributed by atoms with Crippen LogP contribution in [0.25, 0.3) is 0 Å². The summed E-state index contributed by atoms with van der Waals surface area (Å²) in [6.07, 6.45) is -0.0926. The molecule has 0 saturated heterocycles. The normalized spacial score (nSPS) is 12.9. The van der Waals surface area contributed by atoms with Gasteiger partial charge in [-0.1, -0.05) is 12.1 Å². The van der Waals surface area contributed by atoms with Crippen molar-refractivity contribution in [1.29, 1.82) is 0 Å². The molecular weight excluding hydrogens is 532 g/mol. The Hall–Kier alpha value is -4.52. The van der Waals surface area contributed by atoms with Gasteiger partial charge in [0.05, 0.1) is 25.7 Å². The number of esters is 6. The minimum Gasteiger partial charge on any atom is -0.466 e. The van der Waals surface area contributed by atoms with Crippen LogP contribution in [-0.4, -0.2) is 60.9 Å². The third-order valence-electron chi connectivity index (χ3n) is 4.99. The Kier molecular flexibility index (Phi) is 13.8. The van der Waals surface area contributed by atoms with Crippen LogP contribution in [0.1, 0.15) is 46.6 Å². The molecule has 1 N–H and O–H groups in total. The summed E-state index contributed by atoms with van der Waals surface area (Å²) in [6, 6.07) is 4.44. The van der Waals surface area contributed by atoms with Crippen molar-refractivity contribution < 1.29 is 62.3 Å². The molecule has 0 bridgehead atoms. The molecular formula is C27H32O13. The van der Waals surface area contributed by atoms with E-state index in [-0.39, 0.29) is 35.7 Å². The first-order valence-corrected chi connectivity index (χ1v) is 11.9. The topological polar surface area (TPSA) is 178 Å². The van der Waals surface area contributed by atoms with E-state index >= 15 is 0 Å². The van der Waals surface area contributed by atoms with Crippen molar-refractivity contribution in [3.63, 3.8) is 0 Å². The quantitative estimate of drug-likeness (QED) is 0.0701. The molecule has 0 radical (unpaired) electrons. The molecule has 13 nitrogen and oxygen atoms in total. The molecule has 1 aromatic rings. The second kappa shape index (κ2) is 16.4. The van der Waals surface area contributed by atoms with E-state index in [1.807, 2.05) is 0 Å². The van der Waals surface area contributed by atoms with Crippen LogP contribution < -0.4 is 9.47 Å². The molecule has 0 amide bonds. The van der Waals surface area contributed by atoms with Gasteiger partial charge in [-0.2, -0.15) is 0 Å². The molecule has 0 heterocycles.